The Labute approximate surface area is 59.7 Å². The van der Waals surface area contributed by atoms with Crippen molar-refractivity contribution in [3.05, 3.63) is 0 Å². The molecule has 2 N–H and O–H groups in total. The maximum atomic E-state index is 9.87. The summed E-state index contributed by atoms with van der Waals surface area (Å²) in [4.78, 5) is 19.4. The Morgan fingerprint density at radius 2 is 2.22 bits per heavy atom. The highest BCUT2D eigenvalue weighted by atomic mass is 32.1. The highest BCUT2D eigenvalue weighted by molar-refractivity contribution is 7.59. The van der Waals surface area contributed by atoms with Crippen molar-refractivity contribution in [3.63, 3.8) is 0 Å². The monoisotopic (exact) mass is 151 g/mol. The molecule has 0 aromatic carbocycles. The van der Waals surface area contributed by atoms with Crippen LogP contribution in [-0.2, 0) is 9.59 Å². The van der Waals surface area contributed by atoms with E-state index in [2.05, 4.69) is 5.32 Å². The summed E-state index contributed by atoms with van der Waals surface area (Å²) in [6.45, 7) is 1.39. The van der Waals surface area contributed by atoms with Crippen molar-refractivity contribution >= 4 is 25.9 Å². The number of hydrogen-bond donors (Lipinski definition) is 2. The summed E-state index contributed by atoms with van der Waals surface area (Å²) in [7, 11) is 0. The summed E-state index contributed by atoms with van der Waals surface area (Å²) in [6.07, 6.45) is 0.360. The van der Waals surface area contributed by atoms with E-state index in [0.29, 0.717) is 6.41 Å². The van der Waals surface area contributed by atoms with Gasteiger partial charge in [-0.3, -0.25) is 9.59 Å². The fourth-order valence-corrected chi connectivity index (χ4v) is 0.173. The van der Waals surface area contributed by atoms with Gasteiger partial charge in [0.1, 0.15) is 6.04 Å². The maximum absolute atomic E-state index is 9.87. The Morgan fingerprint density at radius 3 is 2.33 bits per heavy atom. The normalized spacial score (nSPS) is 10.8. The van der Waals surface area contributed by atoms with Crippen LogP contribution in [0.1, 0.15) is 6.92 Å². The van der Waals surface area contributed by atoms with Crippen molar-refractivity contribution in [2.24, 2.45) is 0 Å². The molecular formula is C4H9NO3S. The third-order valence-corrected chi connectivity index (χ3v) is 0.688. The van der Waals surface area contributed by atoms with Crippen LogP contribution in [-0.4, -0.2) is 23.5 Å². The molecule has 0 aromatic heterocycles. The molecule has 54 valence electrons. The third-order valence-electron chi connectivity index (χ3n) is 0.688. The van der Waals surface area contributed by atoms with Crippen LogP contribution < -0.4 is 5.32 Å². The topological polar surface area (TPSA) is 66.4 Å². The van der Waals surface area contributed by atoms with Gasteiger partial charge in [-0.1, -0.05) is 0 Å². The summed E-state index contributed by atoms with van der Waals surface area (Å²) >= 11 is 0. The maximum Gasteiger partial charge on any atom is 0.325 e. The quantitative estimate of drug-likeness (QED) is 0.525. The molecule has 0 saturated carbocycles. The Balaban J connectivity index is 0. The van der Waals surface area contributed by atoms with Gasteiger partial charge in [0.25, 0.3) is 0 Å². The van der Waals surface area contributed by atoms with Gasteiger partial charge in [0.2, 0.25) is 6.41 Å². The molecule has 4 nitrogen and oxygen atoms in total. The third kappa shape index (κ3) is 5.16. The zero-order valence-electron chi connectivity index (χ0n) is 4.92. The second kappa shape index (κ2) is 5.43. The van der Waals surface area contributed by atoms with Crippen molar-refractivity contribution < 1.29 is 14.7 Å². The summed E-state index contributed by atoms with van der Waals surface area (Å²) in [6, 6.07) is -0.785. The number of nitrogens with one attached hydrogen (secondary N) is 1. The average Bonchev–Trinajstić information content (AvgIpc) is 1.67. The van der Waals surface area contributed by atoms with Gasteiger partial charge in [0.15, 0.2) is 0 Å². The lowest BCUT2D eigenvalue weighted by molar-refractivity contribution is -0.140. The first-order valence-electron chi connectivity index (χ1n) is 2.11. The summed E-state index contributed by atoms with van der Waals surface area (Å²) in [5, 5.41) is 10.2. The van der Waals surface area contributed by atoms with Crippen molar-refractivity contribution in [3.8, 4) is 0 Å². The van der Waals surface area contributed by atoms with E-state index < -0.39 is 12.0 Å². The van der Waals surface area contributed by atoms with Gasteiger partial charge >= 0.3 is 5.97 Å². The van der Waals surface area contributed by atoms with Gasteiger partial charge in [0.05, 0.1) is 0 Å². The molecule has 0 rings (SSSR count). The number of hydrogen-bond acceptors (Lipinski definition) is 2. The van der Waals surface area contributed by atoms with E-state index in [0.717, 1.165) is 0 Å². The van der Waals surface area contributed by atoms with Crippen LogP contribution in [0.4, 0.5) is 0 Å². The highest BCUT2D eigenvalue weighted by Gasteiger charge is 2.06. The van der Waals surface area contributed by atoms with Gasteiger partial charge in [-0.05, 0) is 6.92 Å². The molecule has 0 spiro atoms. The Morgan fingerprint density at radius 1 is 1.78 bits per heavy atom. The molecule has 0 unspecified atom stereocenters. The predicted molar refractivity (Wildman–Crippen MR) is 36.7 cm³/mol. The fourth-order valence-electron chi connectivity index (χ4n) is 0.173. The van der Waals surface area contributed by atoms with E-state index >= 15 is 0 Å². The van der Waals surface area contributed by atoms with Gasteiger partial charge in [0, 0.05) is 0 Å². The van der Waals surface area contributed by atoms with Crippen molar-refractivity contribution in [1.82, 2.24) is 5.32 Å². The van der Waals surface area contributed by atoms with Crippen LogP contribution in [0.25, 0.3) is 0 Å². The van der Waals surface area contributed by atoms with Crippen molar-refractivity contribution in [2.75, 3.05) is 0 Å². The molecule has 1 atom stereocenters. The van der Waals surface area contributed by atoms with Gasteiger partial charge < -0.3 is 10.4 Å². The van der Waals surface area contributed by atoms with Crippen molar-refractivity contribution in [1.29, 1.82) is 0 Å². The standard InChI is InChI=1S/C4H7NO3.H2S/c1-3(4(7)8)5-2-6;/h2-3H,1H3,(H,5,6)(H,7,8);1H2/t3-;/m0./s1. The van der Waals surface area contributed by atoms with E-state index in [9.17, 15) is 9.59 Å². The van der Waals surface area contributed by atoms with Gasteiger partial charge in [-0.2, -0.15) is 13.5 Å². The summed E-state index contributed by atoms with van der Waals surface area (Å²) in [5.74, 6) is -1.03. The van der Waals surface area contributed by atoms with E-state index in [1.807, 2.05) is 0 Å². The van der Waals surface area contributed by atoms with E-state index in [1.165, 1.54) is 6.92 Å². The predicted octanol–water partition coefficient (Wildman–Crippen LogP) is -0.682. The summed E-state index contributed by atoms with van der Waals surface area (Å²) < 4.78 is 0. The zero-order chi connectivity index (χ0) is 6.57. The molecule has 5 heteroatoms. The molecule has 0 aliphatic carbocycles. The first-order chi connectivity index (χ1) is 3.68. The number of rotatable bonds is 3. The molecule has 0 bridgehead atoms. The van der Waals surface area contributed by atoms with E-state index in [-0.39, 0.29) is 13.5 Å². The lowest BCUT2D eigenvalue weighted by Crippen LogP contribution is -2.32. The minimum absolute atomic E-state index is 0. The Hall–Kier alpha value is -0.710. The molecule has 0 aromatic rings. The average molecular weight is 151 g/mol. The molecule has 0 fully saturated rings. The summed E-state index contributed by atoms with van der Waals surface area (Å²) in [5.41, 5.74) is 0. The number of carbonyl (C=O) groups is 2. The Bertz CT molecular complexity index is 106. The second-order valence-corrected chi connectivity index (χ2v) is 1.34. The smallest absolute Gasteiger partial charge is 0.325 e. The minimum atomic E-state index is -1.03. The van der Waals surface area contributed by atoms with Crippen LogP contribution in [0.15, 0.2) is 0 Å². The lowest BCUT2D eigenvalue weighted by Gasteiger charge is -2.00. The largest absolute Gasteiger partial charge is 0.480 e. The SMILES string of the molecule is C[C@H](NC=O)C(=O)O.S. The molecular weight excluding hydrogens is 142 g/mol. The number of carbonyl (C=O) groups excluding carboxylic acids is 1. The van der Waals surface area contributed by atoms with Crippen molar-refractivity contribution in [2.45, 2.75) is 13.0 Å². The number of aliphatic carboxylic acids is 1. The van der Waals surface area contributed by atoms with Crippen LogP contribution in [0.5, 0.6) is 0 Å². The Kier molecular flexibility index (Phi) is 6.71. The molecule has 1 amide bonds. The van der Waals surface area contributed by atoms with Crippen LogP contribution >= 0.6 is 13.5 Å². The number of carboxylic acids is 1. The van der Waals surface area contributed by atoms with Crippen LogP contribution in [0.3, 0.4) is 0 Å². The van der Waals surface area contributed by atoms with Crippen LogP contribution in [0, 0.1) is 0 Å². The van der Waals surface area contributed by atoms with Crippen LogP contribution in [0.2, 0.25) is 0 Å². The molecule has 9 heavy (non-hydrogen) atoms. The fraction of sp³-hybridized carbons (Fsp3) is 0.500. The number of carboxylic acid groups (broad SMARTS) is 1. The molecule has 0 radical (unpaired) electrons. The van der Waals surface area contributed by atoms with E-state index in [1.54, 1.807) is 0 Å². The molecule has 0 saturated heterocycles. The highest BCUT2D eigenvalue weighted by Crippen LogP contribution is 1.75. The molecule has 0 aliphatic rings. The molecule has 0 aliphatic heterocycles. The van der Waals surface area contributed by atoms with Gasteiger partial charge in [-0.25, -0.2) is 0 Å². The lowest BCUT2D eigenvalue weighted by atomic mass is 10.4. The molecule has 0 heterocycles. The minimum Gasteiger partial charge on any atom is -0.480 e. The first kappa shape index (κ1) is 11.1. The zero-order valence-corrected chi connectivity index (χ0v) is 5.92. The first-order valence-corrected chi connectivity index (χ1v) is 2.11. The second-order valence-electron chi connectivity index (χ2n) is 1.34. The number of amides is 1. The van der Waals surface area contributed by atoms with E-state index in [4.69, 9.17) is 5.11 Å². The van der Waals surface area contributed by atoms with Gasteiger partial charge in [-0.15, -0.1) is 0 Å².